The van der Waals surface area contributed by atoms with E-state index >= 15 is 0 Å². The van der Waals surface area contributed by atoms with Crippen LogP contribution in [0.3, 0.4) is 0 Å². The summed E-state index contributed by atoms with van der Waals surface area (Å²) in [6.45, 7) is 0. The summed E-state index contributed by atoms with van der Waals surface area (Å²) in [4.78, 5) is 4.18. The van der Waals surface area contributed by atoms with E-state index in [1.165, 1.54) is 11.3 Å². The first-order chi connectivity index (χ1) is 12.5. The summed E-state index contributed by atoms with van der Waals surface area (Å²) in [7, 11) is 0. The Kier molecular flexibility index (Phi) is 4.92. The lowest BCUT2D eigenvalue weighted by Gasteiger charge is -2.21. The fraction of sp³-hybridized carbons (Fsp3) is 0.111. The van der Waals surface area contributed by atoms with E-state index in [1.807, 2.05) is 29.3 Å². The molecule has 4 rings (SSSR count). The molecule has 2 aromatic carbocycles. The van der Waals surface area contributed by atoms with Crippen LogP contribution in [0.5, 0.6) is 5.88 Å². The maximum absolute atomic E-state index is 9.64. The molecule has 1 aliphatic rings. The molecule has 0 radical (unpaired) electrons. The van der Waals surface area contributed by atoms with Gasteiger partial charge in [0.1, 0.15) is 0 Å². The van der Waals surface area contributed by atoms with Gasteiger partial charge in [-0.05, 0) is 35.4 Å². The fourth-order valence-corrected chi connectivity index (χ4v) is 4.09. The Morgan fingerprint density at radius 1 is 1.12 bits per heavy atom. The molecule has 1 N–H and O–H groups in total. The van der Waals surface area contributed by atoms with Crippen LogP contribution in [0.25, 0.3) is 0 Å². The van der Waals surface area contributed by atoms with Crippen LogP contribution in [0.2, 0.25) is 10.0 Å². The lowest BCUT2D eigenvalue weighted by molar-refractivity contribution is 0.457. The Balaban J connectivity index is 1.75. The van der Waals surface area contributed by atoms with Gasteiger partial charge in [0.05, 0.1) is 27.2 Å². The summed E-state index contributed by atoms with van der Waals surface area (Å²) in [6.07, 6.45) is 0.694. The monoisotopic (exact) mass is 467 g/mol. The Labute approximate surface area is 172 Å². The van der Waals surface area contributed by atoms with Crippen LogP contribution in [-0.4, -0.2) is 15.8 Å². The minimum atomic E-state index is -0.0156. The smallest absolute Gasteiger partial charge is 0.223 e. The first-order valence-electron chi connectivity index (χ1n) is 7.73. The van der Waals surface area contributed by atoms with Crippen molar-refractivity contribution in [1.29, 1.82) is 0 Å². The van der Waals surface area contributed by atoms with Gasteiger partial charge in [0.2, 0.25) is 11.0 Å². The number of hydrogen-bond acceptors (Lipinski definition) is 5. The number of aromatic hydroxyl groups is 1. The van der Waals surface area contributed by atoms with E-state index in [0.29, 0.717) is 21.6 Å². The van der Waals surface area contributed by atoms with Crippen LogP contribution < -0.4 is 5.01 Å². The van der Waals surface area contributed by atoms with Crippen molar-refractivity contribution in [3.05, 3.63) is 73.5 Å². The molecule has 26 heavy (non-hydrogen) atoms. The summed E-state index contributed by atoms with van der Waals surface area (Å²) in [5.74, 6) is -0.00209. The highest BCUT2D eigenvalue weighted by Gasteiger charge is 2.31. The molecule has 0 fully saturated rings. The van der Waals surface area contributed by atoms with E-state index in [9.17, 15) is 5.11 Å². The van der Waals surface area contributed by atoms with Crippen molar-refractivity contribution in [3.8, 4) is 5.88 Å². The molecule has 0 aliphatic carbocycles. The van der Waals surface area contributed by atoms with Crippen molar-refractivity contribution in [2.75, 3.05) is 5.01 Å². The zero-order valence-corrected chi connectivity index (χ0v) is 17.1. The van der Waals surface area contributed by atoms with Gasteiger partial charge < -0.3 is 5.11 Å². The molecule has 0 amide bonds. The molecule has 1 unspecified atom stereocenters. The van der Waals surface area contributed by atoms with Gasteiger partial charge >= 0.3 is 0 Å². The molecule has 1 aromatic heterocycles. The second kappa shape index (κ2) is 7.19. The van der Waals surface area contributed by atoms with Gasteiger partial charge in [0, 0.05) is 10.9 Å². The number of hydrogen-bond donors (Lipinski definition) is 1. The van der Waals surface area contributed by atoms with Crippen LogP contribution in [0.1, 0.15) is 23.6 Å². The van der Waals surface area contributed by atoms with Crippen molar-refractivity contribution >= 4 is 61.3 Å². The minimum absolute atomic E-state index is 0.00209. The zero-order chi connectivity index (χ0) is 18.3. The normalized spacial score (nSPS) is 16.8. The fourth-order valence-electron chi connectivity index (χ4n) is 2.84. The second-order valence-electron chi connectivity index (χ2n) is 5.78. The highest BCUT2D eigenvalue weighted by Crippen LogP contribution is 2.39. The van der Waals surface area contributed by atoms with Gasteiger partial charge in [-0.2, -0.15) is 10.1 Å². The van der Waals surface area contributed by atoms with E-state index in [2.05, 4.69) is 33.0 Å². The number of benzene rings is 2. The highest BCUT2D eigenvalue weighted by molar-refractivity contribution is 9.10. The SMILES string of the molecule is Oc1csc(N2N=C(c3ccc(Cl)c(Cl)c3)CC2c2ccc(Br)cc2)n1. The second-order valence-corrected chi connectivity index (χ2v) is 8.35. The number of rotatable bonds is 3. The molecule has 0 bridgehead atoms. The highest BCUT2D eigenvalue weighted by atomic mass is 79.9. The van der Waals surface area contributed by atoms with Crippen molar-refractivity contribution in [2.24, 2.45) is 5.10 Å². The van der Waals surface area contributed by atoms with Gasteiger partial charge in [-0.15, -0.1) is 0 Å². The molecule has 4 nitrogen and oxygen atoms in total. The third kappa shape index (κ3) is 3.47. The Hall–Kier alpha value is -1.60. The molecule has 0 spiro atoms. The molecule has 1 aliphatic heterocycles. The Morgan fingerprint density at radius 3 is 2.54 bits per heavy atom. The van der Waals surface area contributed by atoms with Crippen LogP contribution >= 0.6 is 50.5 Å². The minimum Gasteiger partial charge on any atom is -0.493 e. The van der Waals surface area contributed by atoms with Crippen molar-refractivity contribution in [2.45, 2.75) is 12.5 Å². The lowest BCUT2D eigenvalue weighted by Crippen LogP contribution is -2.18. The van der Waals surface area contributed by atoms with E-state index in [-0.39, 0.29) is 11.9 Å². The first-order valence-corrected chi connectivity index (χ1v) is 10.2. The van der Waals surface area contributed by atoms with Crippen LogP contribution in [0.15, 0.2) is 57.4 Å². The molecule has 1 atom stereocenters. The lowest BCUT2D eigenvalue weighted by atomic mass is 9.99. The van der Waals surface area contributed by atoms with E-state index < -0.39 is 0 Å². The van der Waals surface area contributed by atoms with E-state index in [1.54, 1.807) is 11.4 Å². The molecular formula is C18H12BrCl2N3OS. The molecule has 3 aromatic rings. The van der Waals surface area contributed by atoms with E-state index in [4.69, 9.17) is 28.3 Å². The maximum Gasteiger partial charge on any atom is 0.223 e. The Bertz CT molecular complexity index is 990. The van der Waals surface area contributed by atoms with Crippen LogP contribution in [0, 0.1) is 0 Å². The topological polar surface area (TPSA) is 48.7 Å². The molecule has 8 heteroatoms. The number of hydrazone groups is 1. The molecule has 2 heterocycles. The first kappa shape index (κ1) is 17.8. The Morgan fingerprint density at radius 2 is 1.88 bits per heavy atom. The molecular weight excluding hydrogens is 457 g/mol. The zero-order valence-electron chi connectivity index (χ0n) is 13.2. The summed E-state index contributed by atoms with van der Waals surface area (Å²) in [6, 6.07) is 13.6. The van der Waals surface area contributed by atoms with Crippen molar-refractivity contribution in [1.82, 2.24) is 4.98 Å². The predicted octanol–water partition coefficient (Wildman–Crippen LogP) is 6.27. The quantitative estimate of drug-likeness (QED) is 0.492. The molecule has 132 valence electrons. The van der Waals surface area contributed by atoms with Crippen LogP contribution in [-0.2, 0) is 0 Å². The number of nitrogens with zero attached hydrogens (tertiary/aromatic N) is 3. The van der Waals surface area contributed by atoms with E-state index in [0.717, 1.165) is 21.3 Å². The summed E-state index contributed by atoms with van der Waals surface area (Å²) in [5.41, 5.74) is 2.93. The van der Waals surface area contributed by atoms with Gasteiger partial charge in [-0.1, -0.05) is 68.7 Å². The number of anilines is 1. The third-order valence-electron chi connectivity index (χ3n) is 4.09. The largest absolute Gasteiger partial charge is 0.493 e. The average Bonchev–Trinajstić information content (AvgIpc) is 3.24. The van der Waals surface area contributed by atoms with Gasteiger partial charge in [0.15, 0.2) is 0 Å². The number of thiazole rings is 1. The summed E-state index contributed by atoms with van der Waals surface area (Å²) in [5, 5.41) is 19.5. The maximum atomic E-state index is 9.64. The third-order valence-corrected chi connectivity index (χ3v) is 6.18. The van der Waals surface area contributed by atoms with Crippen molar-refractivity contribution < 1.29 is 5.11 Å². The summed E-state index contributed by atoms with van der Waals surface area (Å²) < 4.78 is 1.02. The van der Waals surface area contributed by atoms with Crippen molar-refractivity contribution in [3.63, 3.8) is 0 Å². The molecule has 0 saturated heterocycles. The van der Waals surface area contributed by atoms with Gasteiger partial charge in [0.25, 0.3) is 0 Å². The number of halogens is 3. The van der Waals surface area contributed by atoms with Crippen LogP contribution in [0.4, 0.5) is 5.13 Å². The van der Waals surface area contributed by atoms with Gasteiger partial charge in [-0.3, -0.25) is 0 Å². The average molecular weight is 469 g/mol. The van der Waals surface area contributed by atoms with Gasteiger partial charge in [-0.25, -0.2) is 5.01 Å². The predicted molar refractivity (Wildman–Crippen MR) is 111 cm³/mol. The molecule has 0 saturated carbocycles. The summed E-state index contributed by atoms with van der Waals surface area (Å²) >= 11 is 17.0. The number of aromatic nitrogens is 1. The standard InChI is InChI=1S/C18H12BrCl2N3OS/c19-12-4-1-10(2-5-12)16-8-15(11-3-6-13(20)14(21)7-11)23-24(16)18-22-17(25)9-26-18/h1-7,9,16,25H,8H2.